The Morgan fingerprint density at radius 2 is 1.76 bits per heavy atom. The Morgan fingerprint density at radius 3 is 2.38 bits per heavy atom. The number of carbonyl (C=O) groups excluding carboxylic acids is 1. The fourth-order valence-electron chi connectivity index (χ4n) is 4.75. The first-order valence-electron chi connectivity index (χ1n) is 11.6. The van der Waals surface area contributed by atoms with Crippen molar-refractivity contribution in [2.45, 2.75) is 19.9 Å². The maximum absolute atomic E-state index is 15.0. The summed E-state index contributed by atoms with van der Waals surface area (Å²) in [6.45, 7) is 9.25. The minimum absolute atomic E-state index is 0.0808. The molecule has 1 atom stereocenters. The third-order valence-corrected chi connectivity index (χ3v) is 7.43. The highest BCUT2D eigenvalue weighted by molar-refractivity contribution is 9.10. The van der Waals surface area contributed by atoms with E-state index in [9.17, 15) is 19.3 Å². The third-order valence-electron chi connectivity index (χ3n) is 6.73. The summed E-state index contributed by atoms with van der Waals surface area (Å²) in [5.41, 5.74) is 1.14. The van der Waals surface area contributed by atoms with E-state index in [4.69, 9.17) is 0 Å². The second-order valence-corrected chi connectivity index (χ2v) is 9.60. The van der Waals surface area contributed by atoms with Crippen LogP contribution in [0.3, 0.4) is 0 Å². The highest BCUT2D eigenvalue weighted by Crippen LogP contribution is 2.36. The molecule has 2 aliphatic rings. The van der Waals surface area contributed by atoms with Crippen molar-refractivity contribution in [2.24, 2.45) is 0 Å². The van der Waals surface area contributed by atoms with E-state index < -0.39 is 10.7 Å². The first-order chi connectivity index (χ1) is 16.3. The van der Waals surface area contributed by atoms with E-state index in [2.05, 4.69) is 27.8 Å². The number of amides is 1. The minimum Gasteiger partial charge on any atom is -0.367 e. The first-order valence-corrected chi connectivity index (χ1v) is 12.3. The number of likely N-dealkylation sites (N-methyl/N-ethyl adjacent to an activating group) is 1. The summed E-state index contributed by atoms with van der Waals surface area (Å²) < 4.78 is 15.7. The van der Waals surface area contributed by atoms with Crippen LogP contribution in [-0.2, 0) is 0 Å². The molecule has 2 aliphatic heterocycles. The predicted molar refractivity (Wildman–Crippen MR) is 134 cm³/mol. The molecule has 0 aliphatic carbocycles. The minimum atomic E-state index is -0.573. The van der Waals surface area contributed by atoms with Crippen molar-refractivity contribution in [1.29, 1.82) is 0 Å². The Labute approximate surface area is 207 Å². The number of carbonyl (C=O) groups is 1. The van der Waals surface area contributed by atoms with Crippen molar-refractivity contribution in [2.75, 3.05) is 62.2 Å². The number of benzene rings is 2. The molecule has 8 nitrogen and oxygen atoms in total. The summed E-state index contributed by atoms with van der Waals surface area (Å²) >= 11 is 3.44. The van der Waals surface area contributed by atoms with Gasteiger partial charge in [-0.15, -0.1) is 0 Å². The topological polar surface area (TPSA) is 73.2 Å². The van der Waals surface area contributed by atoms with Crippen LogP contribution in [0.2, 0.25) is 0 Å². The molecule has 0 spiro atoms. The van der Waals surface area contributed by atoms with E-state index in [-0.39, 0.29) is 17.6 Å². The molecule has 0 saturated carbocycles. The van der Waals surface area contributed by atoms with Crippen molar-refractivity contribution in [1.82, 2.24) is 9.80 Å². The van der Waals surface area contributed by atoms with E-state index in [1.165, 1.54) is 0 Å². The summed E-state index contributed by atoms with van der Waals surface area (Å²) in [7, 11) is 0. The molecule has 2 heterocycles. The SMILES string of the molecule is CCN1CCN(c2cc(N3CCN(C(=O)c4ccccc4Br)[C@@H](C)C3)c([N+](=O)[O-])cc2F)CC1. The van der Waals surface area contributed by atoms with Crippen LogP contribution in [0.5, 0.6) is 0 Å². The average Bonchev–Trinajstić information content (AvgIpc) is 2.83. The average molecular weight is 534 g/mol. The highest BCUT2D eigenvalue weighted by Gasteiger charge is 2.33. The number of nitro benzene ring substituents is 1. The van der Waals surface area contributed by atoms with Crippen LogP contribution in [-0.4, -0.2) is 79.0 Å². The Balaban J connectivity index is 1.57. The molecular weight excluding hydrogens is 505 g/mol. The molecule has 182 valence electrons. The van der Waals surface area contributed by atoms with Crippen LogP contribution in [0.25, 0.3) is 0 Å². The van der Waals surface area contributed by atoms with Crippen molar-refractivity contribution in [3.05, 3.63) is 62.4 Å². The highest BCUT2D eigenvalue weighted by atomic mass is 79.9. The molecule has 1 amide bonds. The standard InChI is InChI=1S/C24H29BrFN5O3/c1-3-27-8-10-28(11-9-27)21-15-22(23(31(33)34)14-20(21)26)29-12-13-30(17(2)16-29)24(32)18-6-4-5-7-19(18)25/h4-7,14-15,17H,3,8-13,16H2,1-2H3/t17-/m0/s1. The van der Waals surface area contributed by atoms with E-state index in [0.29, 0.717) is 49.7 Å². The molecule has 2 aromatic carbocycles. The zero-order chi connectivity index (χ0) is 24.4. The first kappa shape index (κ1) is 24.4. The third kappa shape index (κ3) is 4.88. The van der Waals surface area contributed by atoms with E-state index >= 15 is 0 Å². The molecule has 2 aromatic rings. The summed E-state index contributed by atoms with van der Waals surface area (Å²) in [5, 5.41) is 11.8. The summed E-state index contributed by atoms with van der Waals surface area (Å²) in [6, 6.07) is 9.78. The predicted octanol–water partition coefficient (Wildman–Crippen LogP) is 3.99. The Kier molecular flexibility index (Phi) is 7.37. The van der Waals surface area contributed by atoms with Crippen molar-refractivity contribution < 1.29 is 14.1 Å². The van der Waals surface area contributed by atoms with Gasteiger partial charge in [0.1, 0.15) is 5.69 Å². The van der Waals surface area contributed by atoms with Crippen molar-refractivity contribution in [3.8, 4) is 0 Å². The number of hydrogen-bond donors (Lipinski definition) is 0. The maximum Gasteiger partial charge on any atom is 0.295 e. The van der Waals surface area contributed by atoms with Crippen LogP contribution in [0.4, 0.5) is 21.5 Å². The lowest BCUT2D eigenvalue weighted by atomic mass is 10.1. The molecule has 2 saturated heterocycles. The van der Waals surface area contributed by atoms with Gasteiger partial charge in [0.25, 0.3) is 11.6 Å². The van der Waals surface area contributed by atoms with Crippen LogP contribution < -0.4 is 9.80 Å². The van der Waals surface area contributed by atoms with Gasteiger partial charge in [0.15, 0.2) is 5.82 Å². The van der Waals surface area contributed by atoms with Gasteiger partial charge in [-0.3, -0.25) is 14.9 Å². The van der Waals surface area contributed by atoms with Gasteiger partial charge >= 0.3 is 0 Å². The number of nitrogens with zero attached hydrogens (tertiary/aromatic N) is 5. The van der Waals surface area contributed by atoms with Gasteiger partial charge in [0, 0.05) is 56.3 Å². The van der Waals surface area contributed by atoms with E-state index in [1.54, 1.807) is 17.0 Å². The van der Waals surface area contributed by atoms with Crippen LogP contribution in [0, 0.1) is 15.9 Å². The molecule has 2 fully saturated rings. The smallest absolute Gasteiger partial charge is 0.295 e. The number of nitro groups is 1. The second-order valence-electron chi connectivity index (χ2n) is 8.74. The van der Waals surface area contributed by atoms with Gasteiger partial charge in [-0.05, 0) is 47.6 Å². The van der Waals surface area contributed by atoms with E-state index in [0.717, 1.165) is 30.2 Å². The quantitative estimate of drug-likeness (QED) is 0.427. The molecule has 4 rings (SSSR count). The normalized spacial score (nSPS) is 19.4. The Morgan fingerprint density at radius 1 is 1.09 bits per heavy atom. The van der Waals surface area contributed by atoms with Crippen LogP contribution in [0.15, 0.2) is 40.9 Å². The molecular formula is C24H29BrFN5O3. The van der Waals surface area contributed by atoms with Gasteiger partial charge < -0.3 is 19.6 Å². The summed E-state index contributed by atoms with van der Waals surface area (Å²) in [6.07, 6.45) is 0. The van der Waals surface area contributed by atoms with Gasteiger partial charge in [0.05, 0.1) is 22.2 Å². The Hall–Kier alpha value is -2.72. The van der Waals surface area contributed by atoms with Crippen molar-refractivity contribution in [3.63, 3.8) is 0 Å². The number of hydrogen-bond acceptors (Lipinski definition) is 6. The summed E-state index contributed by atoms with van der Waals surface area (Å²) in [5.74, 6) is -0.654. The number of piperazine rings is 2. The molecule has 10 heteroatoms. The monoisotopic (exact) mass is 533 g/mol. The van der Waals surface area contributed by atoms with Gasteiger partial charge in [-0.25, -0.2) is 4.39 Å². The fourth-order valence-corrected chi connectivity index (χ4v) is 5.21. The molecule has 34 heavy (non-hydrogen) atoms. The number of halogens is 2. The molecule has 0 aromatic heterocycles. The lowest BCUT2D eigenvalue weighted by Gasteiger charge is -2.41. The zero-order valence-corrected chi connectivity index (χ0v) is 21.0. The number of rotatable bonds is 5. The zero-order valence-electron chi connectivity index (χ0n) is 19.4. The van der Waals surface area contributed by atoms with Crippen LogP contribution >= 0.6 is 15.9 Å². The summed E-state index contributed by atoms with van der Waals surface area (Å²) in [4.78, 5) is 32.3. The molecule has 0 bridgehead atoms. The molecule has 0 unspecified atom stereocenters. The van der Waals surface area contributed by atoms with E-state index in [1.807, 2.05) is 34.9 Å². The van der Waals surface area contributed by atoms with Gasteiger partial charge in [0.2, 0.25) is 0 Å². The lowest BCUT2D eigenvalue weighted by molar-refractivity contribution is -0.384. The Bertz CT molecular complexity index is 1080. The molecule has 0 N–H and O–H groups in total. The van der Waals surface area contributed by atoms with Gasteiger partial charge in [-0.2, -0.15) is 0 Å². The van der Waals surface area contributed by atoms with Gasteiger partial charge in [-0.1, -0.05) is 19.1 Å². The largest absolute Gasteiger partial charge is 0.367 e. The maximum atomic E-state index is 15.0. The molecule has 0 radical (unpaired) electrons. The van der Waals surface area contributed by atoms with Crippen molar-refractivity contribution >= 4 is 38.9 Å². The fraction of sp³-hybridized carbons (Fsp3) is 0.458. The van der Waals surface area contributed by atoms with Crippen LogP contribution in [0.1, 0.15) is 24.2 Å². The lowest BCUT2D eigenvalue weighted by Crippen LogP contribution is -2.54. The number of anilines is 2. The second kappa shape index (κ2) is 10.3.